The van der Waals surface area contributed by atoms with E-state index in [1.165, 1.54) is 6.42 Å². The third kappa shape index (κ3) is 2.54. The maximum atomic E-state index is 11.5. The van der Waals surface area contributed by atoms with E-state index in [4.69, 9.17) is 5.73 Å². The molecule has 0 unspecified atom stereocenters. The van der Waals surface area contributed by atoms with Crippen LogP contribution in [0.2, 0.25) is 0 Å². The van der Waals surface area contributed by atoms with Crippen LogP contribution in [0.1, 0.15) is 41.2 Å². The molecule has 0 atom stereocenters. The molecule has 3 rings (SSSR count). The molecule has 1 aliphatic heterocycles. The summed E-state index contributed by atoms with van der Waals surface area (Å²) in [6.45, 7) is 1.95. The van der Waals surface area contributed by atoms with Crippen LogP contribution in [0.25, 0.3) is 0 Å². The van der Waals surface area contributed by atoms with Gasteiger partial charge in [0.2, 0.25) is 5.95 Å². The van der Waals surface area contributed by atoms with Gasteiger partial charge in [-0.1, -0.05) is 6.42 Å². The summed E-state index contributed by atoms with van der Waals surface area (Å²) in [5, 5.41) is 0. The second kappa shape index (κ2) is 5.36. The van der Waals surface area contributed by atoms with E-state index in [2.05, 4.69) is 14.9 Å². The van der Waals surface area contributed by atoms with Crippen molar-refractivity contribution in [1.29, 1.82) is 0 Å². The molecule has 1 aromatic rings. The molecule has 0 bridgehead atoms. The number of carbonyl (C=O) groups excluding carboxylic acids is 1. The molecule has 0 spiro atoms. The number of aromatic nitrogens is 2. The number of rotatable bonds is 3. The van der Waals surface area contributed by atoms with Crippen molar-refractivity contribution in [2.45, 2.75) is 25.2 Å². The zero-order valence-electron chi connectivity index (χ0n) is 10.8. The summed E-state index contributed by atoms with van der Waals surface area (Å²) in [4.78, 5) is 22.7. The molecule has 2 N–H and O–H groups in total. The zero-order valence-corrected chi connectivity index (χ0v) is 11.7. The monoisotopic (exact) mass is 278 g/mol. The lowest BCUT2D eigenvalue weighted by Gasteiger charge is -2.30. The van der Waals surface area contributed by atoms with E-state index >= 15 is 0 Å². The first-order valence-electron chi connectivity index (χ1n) is 6.75. The smallest absolute Gasteiger partial charge is 0.252 e. The third-order valence-corrected chi connectivity index (χ3v) is 4.80. The average molecular weight is 278 g/mol. The molecule has 2 heterocycles. The van der Waals surface area contributed by atoms with E-state index in [0.717, 1.165) is 49.1 Å². The molecule has 1 amide bonds. The van der Waals surface area contributed by atoms with Crippen LogP contribution in [0.15, 0.2) is 6.20 Å². The lowest BCUT2D eigenvalue weighted by molar-refractivity contribution is 0.0997. The molecule has 102 valence electrons. The van der Waals surface area contributed by atoms with Gasteiger partial charge >= 0.3 is 0 Å². The van der Waals surface area contributed by atoms with Crippen molar-refractivity contribution < 1.29 is 4.79 Å². The molecule has 2 fully saturated rings. The summed E-state index contributed by atoms with van der Waals surface area (Å²) in [5.74, 6) is 2.96. The van der Waals surface area contributed by atoms with Crippen LogP contribution in [-0.2, 0) is 0 Å². The first kappa shape index (κ1) is 12.7. The molecular weight excluding hydrogens is 260 g/mol. The highest BCUT2D eigenvalue weighted by Gasteiger charge is 2.27. The molecular formula is C13H18N4OS. The first-order valence-corrected chi connectivity index (χ1v) is 7.90. The minimum atomic E-state index is -0.414. The van der Waals surface area contributed by atoms with Crippen molar-refractivity contribution in [3.05, 3.63) is 17.5 Å². The fourth-order valence-electron chi connectivity index (χ4n) is 2.48. The summed E-state index contributed by atoms with van der Waals surface area (Å²) in [7, 11) is 0. The minimum absolute atomic E-state index is 0.392. The number of amides is 1. The van der Waals surface area contributed by atoms with Gasteiger partial charge in [-0.05, 0) is 12.8 Å². The summed E-state index contributed by atoms with van der Waals surface area (Å²) in [6, 6.07) is 0. The van der Waals surface area contributed by atoms with Crippen molar-refractivity contribution in [3.8, 4) is 0 Å². The van der Waals surface area contributed by atoms with Gasteiger partial charge in [0.1, 0.15) is 0 Å². The van der Waals surface area contributed by atoms with E-state index in [0.29, 0.717) is 11.5 Å². The van der Waals surface area contributed by atoms with E-state index in [1.54, 1.807) is 6.20 Å². The number of thioether (sulfide) groups is 1. The summed E-state index contributed by atoms with van der Waals surface area (Å²) in [6.07, 6.45) is 5.03. The Kier molecular flexibility index (Phi) is 3.59. The largest absolute Gasteiger partial charge is 0.365 e. The number of carbonyl (C=O) groups is 1. The molecule has 1 aromatic heterocycles. The van der Waals surface area contributed by atoms with Crippen LogP contribution in [0.4, 0.5) is 5.95 Å². The Balaban J connectivity index is 1.91. The van der Waals surface area contributed by atoms with E-state index < -0.39 is 5.91 Å². The minimum Gasteiger partial charge on any atom is -0.365 e. The predicted octanol–water partition coefficient (Wildman–Crippen LogP) is 1.40. The number of nitrogens with two attached hydrogens (primary N) is 1. The highest BCUT2D eigenvalue weighted by atomic mass is 32.2. The van der Waals surface area contributed by atoms with Crippen molar-refractivity contribution in [2.75, 3.05) is 29.5 Å². The molecule has 0 radical (unpaired) electrons. The van der Waals surface area contributed by atoms with Gasteiger partial charge in [-0.3, -0.25) is 4.79 Å². The van der Waals surface area contributed by atoms with E-state index in [9.17, 15) is 4.79 Å². The Morgan fingerprint density at radius 3 is 2.68 bits per heavy atom. The Hall–Kier alpha value is -1.30. The van der Waals surface area contributed by atoms with Gasteiger partial charge in [-0.15, -0.1) is 0 Å². The van der Waals surface area contributed by atoms with Gasteiger partial charge < -0.3 is 10.6 Å². The van der Waals surface area contributed by atoms with Gasteiger partial charge in [-0.2, -0.15) is 11.8 Å². The van der Waals surface area contributed by atoms with Crippen molar-refractivity contribution in [2.24, 2.45) is 5.73 Å². The quantitative estimate of drug-likeness (QED) is 0.904. The third-order valence-electron chi connectivity index (χ3n) is 3.86. The van der Waals surface area contributed by atoms with Crippen LogP contribution >= 0.6 is 11.8 Å². The lowest BCUT2D eigenvalue weighted by Crippen LogP contribution is -2.34. The Morgan fingerprint density at radius 2 is 2.11 bits per heavy atom. The molecule has 6 heteroatoms. The number of anilines is 1. The topological polar surface area (TPSA) is 72.1 Å². The molecule has 1 saturated heterocycles. The number of hydrogen-bond donors (Lipinski definition) is 1. The predicted molar refractivity (Wildman–Crippen MR) is 76.7 cm³/mol. The van der Waals surface area contributed by atoms with Crippen molar-refractivity contribution in [3.63, 3.8) is 0 Å². The Morgan fingerprint density at radius 1 is 1.37 bits per heavy atom. The molecule has 1 aliphatic carbocycles. The van der Waals surface area contributed by atoms with Crippen LogP contribution in [0.3, 0.4) is 0 Å². The molecule has 2 aliphatic rings. The lowest BCUT2D eigenvalue weighted by atomic mass is 9.81. The van der Waals surface area contributed by atoms with Gasteiger partial charge in [-0.25, -0.2) is 9.97 Å². The number of nitrogens with zero attached hydrogens (tertiary/aromatic N) is 3. The van der Waals surface area contributed by atoms with Crippen molar-refractivity contribution in [1.82, 2.24) is 9.97 Å². The molecule has 5 nitrogen and oxygen atoms in total. The van der Waals surface area contributed by atoms with Gasteiger partial charge in [0.15, 0.2) is 0 Å². The highest BCUT2D eigenvalue weighted by Crippen LogP contribution is 2.37. The normalized spacial score (nSPS) is 20.1. The summed E-state index contributed by atoms with van der Waals surface area (Å²) < 4.78 is 0. The van der Waals surface area contributed by atoms with E-state index in [-0.39, 0.29) is 0 Å². The average Bonchev–Trinajstić information content (AvgIpc) is 2.37. The Labute approximate surface area is 117 Å². The molecule has 19 heavy (non-hydrogen) atoms. The van der Waals surface area contributed by atoms with Crippen LogP contribution in [0.5, 0.6) is 0 Å². The maximum Gasteiger partial charge on any atom is 0.252 e. The van der Waals surface area contributed by atoms with Crippen LogP contribution in [0, 0.1) is 0 Å². The zero-order chi connectivity index (χ0) is 13.2. The molecule has 1 saturated carbocycles. The maximum absolute atomic E-state index is 11.5. The van der Waals surface area contributed by atoms with Crippen LogP contribution in [-0.4, -0.2) is 40.5 Å². The van der Waals surface area contributed by atoms with Gasteiger partial charge in [0, 0.05) is 36.7 Å². The first-order chi connectivity index (χ1) is 9.25. The van der Waals surface area contributed by atoms with E-state index in [1.807, 2.05) is 11.8 Å². The number of primary amides is 1. The number of hydrogen-bond acceptors (Lipinski definition) is 5. The standard InChI is InChI=1S/C13H18N4OS/c14-12(18)10-8-15-13(17-4-6-19-7-5-17)16-11(10)9-2-1-3-9/h8-9H,1-7H2,(H2,14,18). The van der Waals surface area contributed by atoms with Crippen LogP contribution < -0.4 is 10.6 Å². The second-order valence-corrected chi connectivity index (χ2v) is 6.29. The van der Waals surface area contributed by atoms with Gasteiger partial charge in [0.05, 0.1) is 11.3 Å². The Bertz CT molecular complexity index is 484. The highest BCUT2D eigenvalue weighted by molar-refractivity contribution is 7.99. The molecule has 0 aromatic carbocycles. The fraction of sp³-hybridized carbons (Fsp3) is 0.615. The fourth-order valence-corrected chi connectivity index (χ4v) is 3.39. The SMILES string of the molecule is NC(=O)c1cnc(N2CCSCC2)nc1C1CCC1. The second-order valence-electron chi connectivity index (χ2n) is 5.06. The van der Waals surface area contributed by atoms with Gasteiger partial charge in [0.25, 0.3) is 5.91 Å². The summed E-state index contributed by atoms with van der Waals surface area (Å²) in [5.41, 5.74) is 6.79. The summed E-state index contributed by atoms with van der Waals surface area (Å²) >= 11 is 1.96. The van der Waals surface area contributed by atoms with Crippen molar-refractivity contribution >= 4 is 23.6 Å².